The number of hydrogen-bond acceptors (Lipinski definition) is 6. The third kappa shape index (κ3) is 2.23. The Balaban J connectivity index is 1.85. The minimum Gasteiger partial charge on any atom is -0.466 e. The number of nitrogens with one attached hydrogen (secondary N) is 1. The molecule has 0 saturated heterocycles. The number of aromatic nitrogens is 4. The highest BCUT2D eigenvalue weighted by Gasteiger charge is 2.26. The molecule has 3 aromatic heterocycles. The van der Waals surface area contributed by atoms with E-state index in [1.54, 1.807) is 23.6 Å². The highest BCUT2D eigenvalue weighted by Crippen LogP contribution is 2.22. The first-order chi connectivity index (χ1) is 9.56. The van der Waals surface area contributed by atoms with Crippen molar-refractivity contribution in [2.45, 2.75) is 19.4 Å². The van der Waals surface area contributed by atoms with Crippen molar-refractivity contribution in [2.75, 3.05) is 11.9 Å². The van der Waals surface area contributed by atoms with Crippen molar-refractivity contribution in [1.82, 2.24) is 19.6 Å². The largest absolute Gasteiger partial charge is 0.466 e. The molecule has 0 bridgehead atoms. The van der Waals surface area contributed by atoms with Crippen molar-refractivity contribution in [1.29, 1.82) is 0 Å². The van der Waals surface area contributed by atoms with Crippen LogP contribution in [0, 0.1) is 6.92 Å². The van der Waals surface area contributed by atoms with Gasteiger partial charge in [-0.25, -0.2) is 4.98 Å². The Morgan fingerprint density at radius 2 is 2.35 bits per heavy atom. The second-order valence-corrected chi connectivity index (χ2v) is 4.86. The SMILES string of the molecule is Cc1cc(NCC(C)(O)c2ccco2)n2ncnc2n1. The molecule has 0 spiro atoms. The van der Waals surface area contributed by atoms with E-state index in [0.717, 1.165) is 11.5 Å². The van der Waals surface area contributed by atoms with Gasteiger partial charge in [0.2, 0.25) is 0 Å². The zero-order valence-corrected chi connectivity index (χ0v) is 11.2. The average Bonchev–Trinajstić information content (AvgIpc) is 3.06. The van der Waals surface area contributed by atoms with Crippen LogP contribution in [0.3, 0.4) is 0 Å². The predicted octanol–water partition coefficient (Wildman–Crippen LogP) is 1.35. The summed E-state index contributed by atoms with van der Waals surface area (Å²) in [6, 6.07) is 5.33. The van der Waals surface area contributed by atoms with Gasteiger partial charge in [0.25, 0.3) is 5.78 Å². The number of hydrogen-bond donors (Lipinski definition) is 2. The number of fused-ring (bicyclic) bond motifs is 1. The number of nitrogens with zero attached hydrogens (tertiary/aromatic N) is 4. The number of aryl methyl sites for hydroxylation is 1. The fraction of sp³-hybridized carbons (Fsp3) is 0.308. The summed E-state index contributed by atoms with van der Waals surface area (Å²) < 4.78 is 6.83. The van der Waals surface area contributed by atoms with E-state index in [0.29, 0.717) is 11.5 Å². The lowest BCUT2D eigenvalue weighted by molar-refractivity contribution is 0.0475. The summed E-state index contributed by atoms with van der Waals surface area (Å²) in [5, 5.41) is 17.7. The molecule has 0 aliphatic carbocycles. The number of anilines is 1. The highest BCUT2D eigenvalue weighted by atomic mass is 16.4. The van der Waals surface area contributed by atoms with Gasteiger partial charge in [-0.15, -0.1) is 0 Å². The molecule has 1 atom stereocenters. The lowest BCUT2D eigenvalue weighted by Gasteiger charge is -2.22. The first kappa shape index (κ1) is 12.6. The van der Waals surface area contributed by atoms with Crippen molar-refractivity contribution >= 4 is 11.6 Å². The fourth-order valence-corrected chi connectivity index (χ4v) is 1.99. The monoisotopic (exact) mass is 273 g/mol. The van der Waals surface area contributed by atoms with E-state index in [2.05, 4.69) is 20.4 Å². The van der Waals surface area contributed by atoms with Crippen LogP contribution in [0.15, 0.2) is 35.2 Å². The molecular formula is C13H15N5O2. The smallest absolute Gasteiger partial charge is 0.254 e. The van der Waals surface area contributed by atoms with E-state index in [4.69, 9.17) is 4.42 Å². The van der Waals surface area contributed by atoms with Crippen molar-refractivity contribution in [3.05, 3.63) is 42.2 Å². The van der Waals surface area contributed by atoms with Crippen LogP contribution in [0.5, 0.6) is 0 Å². The lowest BCUT2D eigenvalue weighted by atomic mass is 10.0. The molecule has 7 nitrogen and oxygen atoms in total. The standard InChI is InChI=1S/C13H15N5O2/c1-9-6-11(18-12(17-9)15-8-16-18)14-7-13(2,19)10-4-3-5-20-10/h3-6,8,14,19H,7H2,1-2H3. The molecule has 0 amide bonds. The van der Waals surface area contributed by atoms with Gasteiger partial charge in [-0.2, -0.15) is 14.6 Å². The number of aliphatic hydroxyl groups is 1. The zero-order valence-electron chi connectivity index (χ0n) is 11.2. The summed E-state index contributed by atoms with van der Waals surface area (Å²) in [4.78, 5) is 8.31. The van der Waals surface area contributed by atoms with E-state index in [9.17, 15) is 5.11 Å². The molecule has 0 saturated carbocycles. The Morgan fingerprint density at radius 1 is 1.50 bits per heavy atom. The maximum absolute atomic E-state index is 10.4. The van der Waals surface area contributed by atoms with E-state index < -0.39 is 5.60 Å². The van der Waals surface area contributed by atoms with Gasteiger partial charge in [0.05, 0.1) is 12.8 Å². The molecule has 2 N–H and O–H groups in total. The van der Waals surface area contributed by atoms with Crippen LogP contribution in [0.4, 0.5) is 5.82 Å². The quantitative estimate of drug-likeness (QED) is 0.746. The maximum Gasteiger partial charge on any atom is 0.254 e. The Bertz CT molecular complexity index is 718. The molecular weight excluding hydrogens is 258 g/mol. The fourth-order valence-electron chi connectivity index (χ4n) is 1.99. The third-order valence-corrected chi connectivity index (χ3v) is 3.05. The Labute approximate surface area is 115 Å². The molecule has 1 unspecified atom stereocenters. The van der Waals surface area contributed by atoms with Gasteiger partial charge in [-0.05, 0) is 26.0 Å². The van der Waals surface area contributed by atoms with Crippen molar-refractivity contribution < 1.29 is 9.52 Å². The summed E-state index contributed by atoms with van der Waals surface area (Å²) in [5.74, 6) is 1.74. The summed E-state index contributed by atoms with van der Waals surface area (Å²) in [7, 11) is 0. The molecule has 104 valence electrons. The van der Waals surface area contributed by atoms with Gasteiger partial charge in [0.15, 0.2) is 0 Å². The average molecular weight is 273 g/mol. The summed E-state index contributed by atoms with van der Waals surface area (Å²) in [6.45, 7) is 3.84. The number of furan rings is 1. The minimum atomic E-state index is -1.12. The van der Waals surface area contributed by atoms with Gasteiger partial charge in [0, 0.05) is 11.8 Å². The summed E-state index contributed by atoms with van der Waals surface area (Å²) >= 11 is 0. The van der Waals surface area contributed by atoms with Crippen LogP contribution < -0.4 is 5.32 Å². The van der Waals surface area contributed by atoms with Crippen LogP contribution in [0.1, 0.15) is 18.4 Å². The second-order valence-electron chi connectivity index (χ2n) is 4.86. The molecule has 3 aromatic rings. The molecule has 7 heteroatoms. The van der Waals surface area contributed by atoms with E-state index in [-0.39, 0.29) is 6.54 Å². The van der Waals surface area contributed by atoms with E-state index in [1.807, 2.05) is 13.0 Å². The third-order valence-electron chi connectivity index (χ3n) is 3.05. The zero-order chi connectivity index (χ0) is 14.2. The predicted molar refractivity (Wildman–Crippen MR) is 72.3 cm³/mol. The normalized spacial score (nSPS) is 14.3. The van der Waals surface area contributed by atoms with Gasteiger partial charge >= 0.3 is 0 Å². The Kier molecular flexibility index (Phi) is 2.90. The molecule has 0 radical (unpaired) electrons. The molecule has 20 heavy (non-hydrogen) atoms. The summed E-state index contributed by atoms with van der Waals surface area (Å²) in [6.07, 6.45) is 2.98. The van der Waals surface area contributed by atoms with Crippen LogP contribution in [-0.2, 0) is 5.60 Å². The van der Waals surface area contributed by atoms with Crippen molar-refractivity contribution in [2.24, 2.45) is 0 Å². The van der Waals surface area contributed by atoms with E-state index in [1.165, 1.54) is 12.6 Å². The number of rotatable bonds is 4. The van der Waals surface area contributed by atoms with Gasteiger partial charge in [-0.3, -0.25) is 0 Å². The topological polar surface area (TPSA) is 88.5 Å². The van der Waals surface area contributed by atoms with Crippen LogP contribution in [0.2, 0.25) is 0 Å². The molecule has 0 aliphatic heterocycles. The molecule has 0 aromatic carbocycles. The second kappa shape index (κ2) is 4.61. The molecule has 0 aliphatic rings. The van der Waals surface area contributed by atoms with Crippen LogP contribution in [0.25, 0.3) is 5.78 Å². The van der Waals surface area contributed by atoms with Gasteiger partial charge < -0.3 is 14.8 Å². The van der Waals surface area contributed by atoms with Gasteiger partial charge in [0.1, 0.15) is 23.5 Å². The highest BCUT2D eigenvalue weighted by molar-refractivity contribution is 5.45. The minimum absolute atomic E-state index is 0.277. The maximum atomic E-state index is 10.4. The van der Waals surface area contributed by atoms with E-state index >= 15 is 0 Å². The van der Waals surface area contributed by atoms with Crippen LogP contribution >= 0.6 is 0 Å². The Hall–Kier alpha value is -2.41. The Morgan fingerprint density at radius 3 is 3.10 bits per heavy atom. The lowest BCUT2D eigenvalue weighted by Crippen LogP contribution is -2.30. The van der Waals surface area contributed by atoms with Gasteiger partial charge in [-0.1, -0.05) is 0 Å². The summed E-state index contributed by atoms with van der Waals surface area (Å²) in [5.41, 5.74) is -0.293. The molecule has 3 heterocycles. The molecule has 3 rings (SSSR count). The van der Waals surface area contributed by atoms with Crippen molar-refractivity contribution in [3.8, 4) is 0 Å². The first-order valence-electron chi connectivity index (χ1n) is 6.24. The molecule has 0 fully saturated rings. The first-order valence-corrected chi connectivity index (χ1v) is 6.24. The van der Waals surface area contributed by atoms with Crippen LogP contribution in [-0.4, -0.2) is 31.2 Å². The van der Waals surface area contributed by atoms with Crippen molar-refractivity contribution in [3.63, 3.8) is 0 Å².